The van der Waals surface area contributed by atoms with Gasteiger partial charge in [-0.2, -0.15) is 4.99 Å². The van der Waals surface area contributed by atoms with E-state index in [9.17, 15) is 4.79 Å². The van der Waals surface area contributed by atoms with Crippen LogP contribution in [0.4, 0.5) is 0 Å². The first-order valence-electron chi connectivity index (χ1n) is 6.32. The number of hydrogen-bond acceptors (Lipinski definition) is 4. The minimum Gasteiger partial charge on any atom is -0.468 e. The van der Waals surface area contributed by atoms with E-state index < -0.39 is 0 Å². The zero-order valence-corrected chi connectivity index (χ0v) is 11.3. The molecule has 1 aliphatic rings. The number of fused-ring (bicyclic) bond motifs is 1. The fraction of sp³-hybridized carbons (Fsp3) is 0.214. The average molecular weight is 270 g/mol. The third kappa shape index (κ3) is 1.95. The van der Waals surface area contributed by atoms with Gasteiger partial charge in [0, 0.05) is 25.1 Å². The van der Waals surface area contributed by atoms with Crippen LogP contribution in [0.15, 0.2) is 41.4 Å². The summed E-state index contributed by atoms with van der Waals surface area (Å²) in [5.41, 5.74) is 2.08. The molecule has 0 radical (unpaired) electrons. The van der Waals surface area contributed by atoms with Crippen LogP contribution < -0.4 is 0 Å². The number of aromatic nitrogens is 2. The van der Waals surface area contributed by atoms with Crippen molar-refractivity contribution in [3.05, 3.63) is 42.0 Å². The Morgan fingerprint density at radius 1 is 1.40 bits per heavy atom. The number of methoxy groups -OCH3 is 1. The second-order valence-electron chi connectivity index (χ2n) is 4.33. The van der Waals surface area contributed by atoms with E-state index in [0.29, 0.717) is 18.3 Å². The minimum absolute atomic E-state index is 0.146. The first-order valence-corrected chi connectivity index (χ1v) is 6.32. The summed E-state index contributed by atoms with van der Waals surface area (Å²) in [7, 11) is 1.51. The number of aliphatic imine (C=N–C) groups is 1. The second-order valence-corrected chi connectivity index (χ2v) is 4.33. The third-order valence-electron chi connectivity index (χ3n) is 3.14. The highest BCUT2D eigenvalue weighted by atomic mass is 16.5. The van der Waals surface area contributed by atoms with Gasteiger partial charge in [0.2, 0.25) is 0 Å². The van der Waals surface area contributed by atoms with Gasteiger partial charge >= 0.3 is 0 Å². The summed E-state index contributed by atoms with van der Waals surface area (Å²) in [5.74, 6) is -0.146. The highest BCUT2D eigenvalue weighted by Crippen LogP contribution is 2.19. The smallest absolute Gasteiger partial charge is 0.299 e. The Hall–Kier alpha value is -2.63. The van der Waals surface area contributed by atoms with Crippen molar-refractivity contribution in [3.8, 4) is 0 Å². The van der Waals surface area contributed by atoms with Gasteiger partial charge in [0.15, 0.2) is 0 Å². The summed E-state index contributed by atoms with van der Waals surface area (Å²) in [6.07, 6.45) is 7.23. The van der Waals surface area contributed by atoms with Crippen LogP contribution >= 0.6 is 0 Å². The molecule has 0 bridgehead atoms. The van der Waals surface area contributed by atoms with E-state index in [2.05, 4.69) is 9.98 Å². The molecule has 20 heavy (non-hydrogen) atoms. The van der Waals surface area contributed by atoms with Crippen molar-refractivity contribution < 1.29 is 9.53 Å². The number of ether oxygens (including phenoxy) is 1. The van der Waals surface area contributed by atoms with Gasteiger partial charge < -0.3 is 9.14 Å². The molecular weight excluding hydrogens is 256 g/mol. The summed E-state index contributed by atoms with van der Waals surface area (Å²) < 4.78 is 7.01. The van der Waals surface area contributed by atoms with Crippen LogP contribution in [0.1, 0.15) is 12.5 Å². The topological polar surface area (TPSA) is 59.2 Å². The molecule has 6 heteroatoms. The number of rotatable bonds is 2. The molecule has 0 aromatic carbocycles. The zero-order valence-electron chi connectivity index (χ0n) is 11.3. The third-order valence-corrected chi connectivity index (χ3v) is 3.14. The first-order chi connectivity index (χ1) is 9.72. The van der Waals surface area contributed by atoms with Crippen molar-refractivity contribution in [2.75, 3.05) is 13.7 Å². The molecule has 0 atom stereocenters. The lowest BCUT2D eigenvalue weighted by Gasteiger charge is -2.12. The van der Waals surface area contributed by atoms with E-state index >= 15 is 0 Å². The van der Waals surface area contributed by atoms with Gasteiger partial charge in [-0.25, -0.2) is 4.98 Å². The Kier molecular flexibility index (Phi) is 2.98. The van der Waals surface area contributed by atoms with Gasteiger partial charge in [0.05, 0.1) is 7.11 Å². The van der Waals surface area contributed by atoms with Crippen LogP contribution in [0.25, 0.3) is 11.7 Å². The lowest BCUT2D eigenvalue weighted by molar-refractivity contribution is -0.123. The Morgan fingerprint density at radius 2 is 2.25 bits per heavy atom. The van der Waals surface area contributed by atoms with E-state index in [0.717, 1.165) is 11.2 Å². The van der Waals surface area contributed by atoms with Crippen molar-refractivity contribution in [1.82, 2.24) is 14.3 Å². The molecule has 3 rings (SSSR count). The average Bonchev–Trinajstić information content (AvgIpc) is 3.03. The molecule has 0 spiro atoms. The Bertz CT molecular complexity index is 730. The number of carbonyl (C=O) groups is 1. The monoisotopic (exact) mass is 270 g/mol. The van der Waals surface area contributed by atoms with Gasteiger partial charge in [-0.1, -0.05) is 0 Å². The summed E-state index contributed by atoms with van der Waals surface area (Å²) in [5, 5.41) is 0. The van der Waals surface area contributed by atoms with E-state index in [1.807, 2.05) is 35.9 Å². The fourth-order valence-electron chi connectivity index (χ4n) is 2.14. The van der Waals surface area contributed by atoms with Crippen LogP contribution in [0.5, 0.6) is 0 Å². The number of hydrogen-bond donors (Lipinski definition) is 0. The maximum Gasteiger partial charge on any atom is 0.299 e. The molecule has 0 saturated carbocycles. The number of imidazole rings is 1. The molecule has 2 aromatic rings. The highest BCUT2D eigenvalue weighted by molar-refractivity contribution is 6.12. The molecule has 102 valence electrons. The van der Waals surface area contributed by atoms with Gasteiger partial charge in [-0.15, -0.1) is 0 Å². The Labute approximate surface area is 116 Å². The summed E-state index contributed by atoms with van der Waals surface area (Å²) in [4.78, 5) is 22.1. The number of likely N-dealkylation sites (N-methyl/N-ethyl adjacent to an activating group) is 1. The molecule has 0 fully saturated rings. The molecule has 0 unspecified atom stereocenters. The molecule has 3 heterocycles. The Morgan fingerprint density at radius 3 is 2.95 bits per heavy atom. The maximum atomic E-state index is 12.2. The Balaban J connectivity index is 1.99. The molecule has 0 aliphatic carbocycles. The molecule has 0 N–H and O–H groups in total. The van der Waals surface area contributed by atoms with Gasteiger partial charge in [0.1, 0.15) is 11.3 Å². The van der Waals surface area contributed by atoms with Gasteiger partial charge in [0.25, 0.3) is 11.9 Å². The lowest BCUT2D eigenvalue weighted by atomic mass is 10.2. The van der Waals surface area contributed by atoms with Crippen LogP contribution in [0.3, 0.4) is 0 Å². The summed E-state index contributed by atoms with van der Waals surface area (Å²) in [6, 6.07) is 4.15. The molecule has 0 saturated heterocycles. The summed E-state index contributed by atoms with van der Waals surface area (Å²) >= 11 is 0. The van der Waals surface area contributed by atoms with Crippen molar-refractivity contribution in [2.24, 2.45) is 4.99 Å². The number of pyridine rings is 1. The normalized spacial score (nSPS) is 17.1. The lowest BCUT2D eigenvalue weighted by Crippen LogP contribution is -2.32. The van der Waals surface area contributed by atoms with Gasteiger partial charge in [-0.3, -0.25) is 9.69 Å². The maximum absolute atomic E-state index is 12.2. The van der Waals surface area contributed by atoms with Crippen molar-refractivity contribution in [1.29, 1.82) is 0 Å². The fourth-order valence-corrected chi connectivity index (χ4v) is 2.14. The number of amides is 1. The minimum atomic E-state index is -0.146. The zero-order chi connectivity index (χ0) is 14.1. The van der Waals surface area contributed by atoms with Crippen LogP contribution in [0.2, 0.25) is 0 Å². The van der Waals surface area contributed by atoms with E-state index in [1.165, 1.54) is 12.0 Å². The van der Waals surface area contributed by atoms with Gasteiger partial charge in [-0.05, 0) is 30.7 Å². The highest BCUT2D eigenvalue weighted by Gasteiger charge is 2.29. The predicted molar refractivity (Wildman–Crippen MR) is 75.0 cm³/mol. The standard InChI is InChI=1S/C14H14N4O2/c1-3-18-13(19)11(16-14(18)20-2)8-10-4-6-17-7-5-15-12(17)9-10/h4-9H,3H2,1-2H3/b11-8+. The molecule has 6 nitrogen and oxygen atoms in total. The van der Waals surface area contributed by atoms with Crippen LogP contribution in [-0.2, 0) is 9.53 Å². The second kappa shape index (κ2) is 4.80. The molecule has 1 amide bonds. The van der Waals surface area contributed by atoms with Crippen molar-refractivity contribution >= 4 is 23.7 Å². The van der Waals surface area contributed by atoms with E-state index in [1.54, 1.807) is 12.3 Å². The van der Waals surface area contributed by atoms with Crippen molar-refractivity contribution in [3.63, 3.8) is 0 Å². The van der Waals surface area contributed by atoms with E-state index in [4.69, 9.17) is 4.74 Å². The molecule has 2 aromatic heterocycles. The van der Waals surface area contributed by atoms with Crippen LogP contribution in [-0.4, -0.2) is 39.9 Å². The van der Waals surface area contributed by atoms with Crippen molar-refractivity contribution in [2.45, 2.75) is 6.92 Å². The summed E-state index contributed by atoms with van der Waals surface area (Å²) in [6.45, 7) is 2.41. The van der Waals surface area contributed by atoms with Crippen LogP contribution in [0, 0.1) is 0 Å². The van der Waals surface area contributed by atoms with E-state index in [-0.39, 0.29) is 5.91 Å². The predicted octanol–water partition coefficient (Wildman–Crippen LogP) is 1.54. The SMILES string of the molecule is CCN1C(=O)/C(=C\c2ccn3ccnc3c2)N=C1OC. The molecule has 1 aliphatic heterocycles. The first kappa shape index (κ1) is 12.4. The number of nitrogens with zero attached hydrogens (tertiary/aromatic N) is 4. The molecular formula is C14H14N4O2. The number of carbonyl (C=O) groups excluding carboxylic acids is 1. The quantitative estimate of drug-likeness (QED) is 0.778. The largest absolute Gasteiger partial charge is 0.468 e. The number of amidine groups is 1.